The molecule has 170 valence electrons. The van der Waals surface area contributed by atoms with Gasteiger partial charge in [0.15, 0.2) is 0 Å². The van der Waals surface area contributed by atoms with Crippen molar-refractivity contribution in [3.63, 3.8) is 0 Å². The first kappa shape index (κ1) is 24.4. The third-order valence-corrected chi connectivity index (χ3v) is 7.46. The Hall–Kier alpha value is -2.26. The van der Waals surface area contributed by atoms with Gasteiger partial charge in [-0.25, -0.2) is 9.59 Å². The first-order valence-electron chi connectivity index (χ1n) is 10.4. The summed E-state index contributed by atoms with van der Waals surface area (Å²) in [6.07, 6.45) is 4.41. The molecule has 1 fully saturated rings. The zero-order chi connectivity index (χ0) is 23.1. The van der Waals surface area contributed by atoms with E-state index in [4.69, 9.17) is 10.2 Å². The van der Waals surface area contributed by atoms with E-state index in [0.717, 1.165) is 19.5 Å². The maximum Gasteiger partial charge on any atom is 0.328 e. The molecular weight excluding hydrogens is 444 g/mol. The molecule has 0 bridgehead atoms. The number of hydrogen-bond acceptors (Lipinski definition) is 6. The Morgan fingerprint density at radius 2 is 1.66 bits per heavy atom. The van der Waals surface area contributed by atoms with Crippen LogP contribution in [0.25, 0.3) is 0 Å². The predicted octanol–water partition coefficient (Wildman–Crippen LogP) is 4.12. The van der Waals surface area contributed by atoms with Gasteiger partial charge in [0, 0.05) is 59.1 Å². The quantitative estimate of drug-likeness (QED) is 0.508. The minimum Gasteiger partial charge on any atom is -0.478 e. The molecule has 0 aromatic heterocycles. The summed E-state index contributed by atoms with van der Waals surface area (Å²) >= 11 is 3.79. The second kappa shape index (κ2) is 11.6. The molecule has 2 aliphatic heterocycles. The number of piperazine rings is 1. The fourth-order valence-electron chi connectivity index (χ4n) is 3.82. The van der Waals surface area contributed by atoms with Gasteiger partial charge in [0.25, 0.3) is 0 Å². The van der Waals surface area contributed by atoms with E-state index in [-0.39, 0.29) is 0 Å². The van der Waals surface area contributed by atoms with E-state index in [9.17, 15) is 9.59 Å². The lowest BCUT2D eigenvalue weighted by molar-refractivity contribution is -0.134. The maximum absolute atomic E-state index is 9.55. The molecule has 32 heavy (non-hydrogen) atoms. The highest BCUT2D eigenvalue weighted by Crippen LogP contribution is 2.44. The summed E-state index contributed by atoms with van der Waals surface area (Å²) in [5.41, 5.74) is 3.01. The Morgan fingerprint density at radius 1 is 1.00 bits per heavy atom. The molecule has 4 rings (SSSR count). The summed E-state index contributed by atoms with van der Waals surface area (Å²) in [7, 11) is 2.23. The molecule has 8 heteroatoms. The van der Waals surface area contributed by atoms with Crippen LogP contribution in [-0.2, 0) is 16.0 Å². The van der Waals surface area contributed by atoms with E-state index in [1.54, 1.807) is 0 Å². The molecule has 2 N–H and O–H groups in total. The van der Waals surface area contributed by atoms with E-state index in [0.29, 0.717) is 18.2 Å². The Balaban J connectivity index is 0.000000312. The summed E-state index contributed by atoms with van der Waals surface area (Å²) in [4.78, 5) is 28.5. The molecule has 0 amide bonds. The molecule has 0 saturated carbocycles. The molecule has 2 aromatic carbocycles. The number of thioether (sulfide) groups is 1. The number of hydrogen-bond donors (Lipinski definition) is 2. The SMILES string of the molecule is CSc1ccc2c(c1)C(N1CCN(C)CC1)Cc1ccccc1S2.O=C(O)/C=C/C(=O)O. The Bertz CT molecular complexity index is 972. The Kier molecular flexibility index (Phi) is 8.81. The highest BCUT2D eigenvalue weighted by Gasteiger charge is 2.29. The van der Waals surface area contributed by atoms with Crippen molar-refractivity contribution in [2.75, 3.05) is 39.5 Å². The van der Waals surface area contributed by atoms with Crippen LogP contribution < -0.4 is 0 Å². The topological polar surface area (TPSA) is 81.1 Å². The van der Waals surface area contributed by atoms with Gasteiger partial charge in [0.1, 0.15) is 0 Å². The number of aliphatic carboxylic acids is 2. The second-order valence-electron chi connectivity index (χ2n) is 7.68. The van der Waals surface area contributed by atoms with Gasteiger partial charge in [-0.1, -0.05) is 30.0 Å². The fraction of sp³-hybridized carbons (Fsp3) is 0.333. The van der Waals surface area contributed by atoms with Crippen molar-refractivity contribution in [2.24, 2.45) is 0 Å². The second-order valence-corrected chi connectivity index (χ2v) is 9.65. The van der Waals surface area contributed by atoms with Crippen LogP contribution in [0.5, 0.6) is 0 Å². The van der Waals surface area contributed by atoms with Crippen molar-refractivity contribution in [3.05, 3.63) is 65.7 Å². The molecule has 1 saturated heterocycles. The lowest BCUT2D eigenvalue weighted by atomic mass is 9.96. The van der Waals surface area contributed by atoms with Gasteiger partial charge in [0.2, 0.25) is 0 Å². The standard InChI is InChI=1S/C20H24N2S2.C4H4O4/c1-21-9-11-22(12-10-21)18-13-15-5-3-4-6-19(15)24-20-8-7-16(23-2)14-17(18)20;5-3(6)1-2-4(7)8/h3-8,14,18H,9-13H2,1-2H3;1-2H,(H,5,6)(H,7,8)/b;2-1+. The molecular formula is C24H28N2O4S2. The highest BCUT2D eigenvalue weighted by molar-refractivity contribution is 7.99. The van der Waals surface area contributed by atoms with Crippen LogP contribution in [-0.4, -0.2) is 71.4 Å². The van der Waals surface area contributed by atoms with Gasteiger partial charge >= 0.3 is 11.9 Å². The summed E-state index contributed by atoms with van der Waals surface area (Å²) in [5.74, 6) is -2.51. The summed E-state index contributed by atoms with van der Waals surface area (Å²) < 4.78 is 0. The number of nitrogens with zero attached hydrogens (tertiary/aromatic N) is 2. The average Bonchev–Trinajstić information content (AvgIpc) is 2.95. The summed E-state index contributed by atoms with van der Waals surface area (Å²) in [5, 5.41) is 15.6. The van der Waals surface area contributed by atoms with Crippen molar-refractivity contribution < 1.29 is 19.8 Å². The average molecular weight is 473 g/mol. The van der Waals surface area contributed by atoms with Gasteiger partial charge in [-0.2, -0.15) is 0 Å². The van der Waals surface area contributed by atoms with E-state index in [1.165, 1.54) is 38.9 Å². The van der Waals surface area contributed by atoms with Crippen LogP contribution in [0.3, 0.4) is 0 Å². The first-order chi connectivity index (χ1) is 15.4. The van der Waals surface area contributed by atoms with E-state index >= 15 is 0 Å². The Morgan fingerprint density at radius 3 is 2.28 bits per heavy atom. The number of benzene rings is 2. The molecule has 2 aliphatic rings. The normalized spacial score (nSPS) is 18.8. The number of carbonyl (C=O) groups is 2. The van der Waals surface area contributed by atoms with Crippen LogP contribution in [0.2, 0.25) is 0 Å². The summed E-state index contributed by atoms with van der Waals surface area (Å²) in [6, 6.07) is 16.5. The molecule has 0 aliphatic carbocycles. The monoisotopic (exact) mass is 472 g/mol. The Labute approximate surface area is 197 Å². The minimum absolute atomic E-state index is 0.497. The molecule has 0 radical (unpaired) electrons. The number of fused-ring (bicyclic) bond motifs is 2. The van der Waals surface area contributed by atoms with Crippen LogP contribution in [0.15, 0.2) is 69.3 Å². The summed E-state index contributed by atoms with van der Waals surface area (Å²) in [6.45, 7) is 4.67. The van der Waals surface area contributed by atoms with E-state index < -0.39 is 11.9 Å². The van der Waals surface area contributed by atoms with E-state index in [1.807, 2.05) is 23.5 Å². The zero-order valence-corrected chi connectivity index (χ0v) is 19.9. The molecule has 6 nitrogen and oxygen atoms in total. The van der Waals surface area contributed by atoms with Crippen molar-refractivity contribution in [2.45, 2.75) is 27.1 Å². The van der Waals surface area contributed by atoms with Crippen molar-refractivity contribution in [1.82, 2.24) is 9.80 Å². The largest absolute Gasteiger partial charge is 0.478 e. The number of carboxylic acids is 2. The van der Waals surface area contributed by atoms with Crippen molar-refractivity contribution in [3.8, 4) is 0 Å². The van der Waals surface area contributed by atoms with Gasteiger partial charge in [-0.15, -0.1) is 11.8 Å². The number of carboxylic acid groups (broad SMARTS) is 2. The molecule has 0 spiro atoms. The molecule has 1 unspecified atom stereocenters. The van der Waals surface area contributed by atoms with Crippen molar-refractivity contribution >= 4 is 35.5 Å². The molecule has 2 aromatic rings. The zero-order valence-electron chi connectivity index (χ0n) is 18.2. The van der Waals surface area contributed by atoms with Crippen LogP contribution in [0, 0.1) is 0 Å². The highest BCUT2D eigenvalue weighted by atomic mass is 32.2. The molecule has 1 atom stereocenters. The lowest BCUT2D eigenvalue weighted by Crippen LogP contribution is -2.46. The number of likely N-dealkylation sites (N-methyl/N-ethyl adjacent to an activating group) is 1. The van der Waals surface area contributed by atoms with Gasteiger partial charge in [-0.05, 0) is 55.1 Å². The number of rotatable bonds is 4. The fourth-order valence-corrected chi connectivity index (χ4v) is 5.38. The predicted molar refractivity (Wildman–Crippen MR) is 129 cm³/mol. The van der Waals surface area contributed by atoms with Gasteiger partial charge in [0.05, 0.1) is 0 Å². The van der Waals surface area contributed by atoms with Crippen molar-refractivity contribution in [1.29, 1.82) is 0 Å². The van der Waals surface area contributed by atoms with Crippen LogP contribution >= 0.6 is 23.5 Å². The first-order valence-corrected chi connectivity index (χ1v) is 12.4. The third-order valence-electron chi connectivity index (χ3n) is 5.53. The maximum atomic E-state index is 9.55. The lowest BCUT2D eigenvalue weighted by Gasteiger charge is -2.38. The smallest absolute Gasteiger partial charge is 0.328 e. The molecule has 2 heterocycles. The van der Waals surface area contributed by atoms with Crippen LogP contribution in [0.4, 0.5) is 0 Å². The van der Waals surface area contributed by atoms with E-state index in [2.05, 4.69) is 65.6 Å². The van der Waals surface area contributed by atoms with Gasteiger partial charge < -0.3 is 15.1 Å². The van der Waals surface area contributed by atoms with Gasteiger partial charge in [-0.3, -0.25) is 4.90 Å². The third kappa shape index (κ3) is 6.62. The van der Waals surface area contributed by atoms with Crippen LogP contribution in [0.1, 0.15) is 17.2 Å². The minimum atomic E-state index is -1.26.